The van der Waals surface area contributed by atoms with E-state index in [4.69, 9.17) is 0 Å². The number of amides is 4. The fourth-order valence-electron chi connectivity index (χ4n) is 4.56. The van der Waals surface area contributed by atoms with E-state index in [1.54, 1.807) is 54.4 Å². The Balaban J connectivity index is 1.27. The van der Waals surface area contributed by atoms with Gasteiger partial charge in [0.25, 0.3) is 11.8 Å². The Morgan fingerprint density at radius 1 is 0.974 bits per heavy atom. The highest BCUT2D eigenvalue weighted by molar-refractivity contribution is 7.06. The highest BCUT2D eigenvalue weighted by atomic mass is 32.1. The molecule has 200 valence electrons. The molecule has 0 spiro atoms. The van der Waals surface area contributed by atoms with E-state index >= 15 is 0 Å². The molecule has 1 aliphatic rings. The van der Waals surface area contributed by atoms with Crippen LogP contribution in [0.25, 0.3) is 11.0 Å². The second-order valence-electron chi connectivity index (χ2n) is 9.58. The molecule has 11 heteroatoms. The van der Waals surface area contributed by atoms with E-state index in [-0.39, 0.29) is 17.8 Å². The molecule has 2 aromatic heterocycles. The molecule has 0 saturated carbocycles. The molecule has 4 aromatic rings. The summed E-state index contributed by atoms with van der Waals surface area (Å²) >= 11 is 1.28. The van der Waals surface area contributed by atoms with Gasteiger partial charge in [-0.2, -0.15) is 4.37 Å². The zero-order valence-electron chi connectivity index (χ0n) is 22.0. The van der Waals surface area contributed by atoms with Gasteiger partial charge in [-0.1, -0.05) is 18.2 Å². The normalized spacial score (nSPS) is 13.4. The van der Waals surface area contributed by atoms with Gasteiger partial charge in [-0.3, -0.25) is 14.6 Å². The minimum Gasteiger partial charge on any atom is -0.335 e. The summed E-state index contributed by atoms with van der Waals surface area (Å²) in [5.41, 5.74) is 4.52. The van der Waals surface area contributed by atoms with Crippen LogP contribution >= 0.6 is 11.5 Å². The van der Waals surface area contributed by atoms with Crippen LogP contribution in [0.5, 0.6) is 0 Å². The number of para-hydroxylation sites is 2. The van der Waals surface area contributed by atoms with Crippen molar-refractivity contribution in [3.8, 4) is 0 Å². The molecule has 1 fully saturated rings. The van der Waals surface area contributed by atoms with Crippen LogP contribution in [0.1, 0.15) is 37.0 Å². The predicted molar refractivity (Wildman–Crippen MR) is 150 cm³/mol. The first kappa shape index (κ1) is 26.2. The Labute approximate surface area is 230 Å². The molecule has 4 amide bonds. The van der Waals surface area contributed by atoms with Crippen molar-refractivity contribution >= 4 is 46.1 Å². The van der Waals surface area contributed by atoms with Crippen LogP contribution in [-0.2, 0) is 6.42 Å². The third kappa shape index (κ3) is 5.73. The number of aromatic nitrogens is 3. The number of aryl methyl sites for hydroxylation is 1. The fraction of sp³-hybridized carbons (Fsp3) is 0.286. The lowest BCUT2D eigenvalue weighted by Gasteiger charge is -2.36. The van der Waals surface area contributed by atoms with Gasteiger partial charge in [-0.15, -0.1) is 0 Å². The summed E-state index contributed by atoms with van der Waals surface area (Å²) in [5, 5.41) is 2.94. The summed E-state index contributed by atoms with van der Waals surface area (Å²) in [6.07, 6.45) is 2.16. The molecule has 1 N–H and O–H groups in total. The Morgan fingerprint density at radius 2 is 1.69 bits per heavy atom. The van der Waals surface area contributed by atoms with Gasteiger partial charge in [-0.25, -0.2) is 9.78 Å². The summed E-state index contributed by atoms with van der Waals surface area (Å²) in [6.45, 7) is 3.68. The molecule has 1 saturated heterocycles. The number of piperazine rings is 1. The first-order valence-electron chi connectivity index (χ1n) is 12.6. The fourth-order valence-corrected chi connectivity index (χ4v) is 5.45. The van der Waals surface area contributed by atoms with Crippen LogP contribution in [0.3, 0.4) is 0 Å². The van der Waals surface area contributed by atoms with Crippen molar-refractivity contribution in [1.29, 1.82) is 0 Å². The van der Waals surface area contributed by atoms with Crippen molar-refractivity contribution in [1.82, 2.24) is 29.0 Å². The largest absolute Gasteiger partial charge is 0.335 e. The molecule has 0 aliphatic carbocycles. The minimum absolute atomic E-state index is 0.0583. The number of urea groups is 1. The van der Waals surface area contributed by atoms with Gasteiger partial charge in [0, 0.05) is 69.0 Å². The quantitative estimate of drug-likeness (QED) is 0.411. The molecule has 0 unspecified atom stereocenters. The van der Waals surface area contributed by atoms with E-state index in [1.165, 1.54) is 16.4 Å². The van der Waals surface area contributed by atoms with Gasteiger partial charge in [-0.05, 0) is 48.8 Å². The van der Waals surface area contributed by atoms with Crippen molar-refractivity contribution < 1.29 is 14.4 Å². The van der Waals surface area contributed by atoms with E-state index in [2.05, 4.69) is 19.7 Å². The van der Waals surface area contributed by atoms with Crippen molar-refractivity contribution in [2.45, 2.75) is 13.3 Å². The molecule has 0 bridgehead atoms. The van der Waals surface area contributed by atoms with E-state index < -0.39 is 0 Å². The minimum atomic E-state index is -0.287. The summed E-state index contributed by atoms with van der Waals surface area (Å²) in [4.78, 5) is 53.6. The average molecular weight is 544 g/mol. The van der Waals surface area contributed by atoms with Crippen molar-refractivity contribution in [3.63, 3.8) is 0 Å². The van der Waals surface area contributed by atoms with Crippen LogP contribution in [-0.4, -0.2) is 87.2 Å². The molecule has 39 heavy (non-hydrogen) atoms. The van der Waals surface area contributed by atoms with Crippen LogP contribution < -0.4 is 5.32 Å². The monoisotopic (exact) mass is 543 g/mol. The molecular formula is C28H29N7O3S. The number of anilines is 1. The molecule has 0 radical (unpaired) electrons. The highest BCUT2D eigenvalue weighted by Gasteiger charge is 2.26. The summed E-state index contributed by atoms with van der Waals surface area (Å²) in [7, 11) is 3.43. The molecule has 2 aromatic carbocycles. The maximum absolute atomic E-state index is 13.3. The lowest BCUT2D eigenvalue weighted by Crippen LogP contribution is -2.52. The number of hydrogen-bond acceptors (Lipinski definition) is 7. The van der Waals surface area contributed by atoms with Gasteiger partial charge in [0.1, 0.15) is 0 Å². The first-order chi connectivity index (χ1) is 18.8. The Bertz CT molecular complexity index is 1540. The number of fused-ring (bicyclic) bond motifs is 1. The van der Waals surface area contributed by atoms with Gasteiger partial charge in [0.2, 0.25) is 0 Å². The SMILES string of the molecule is Cc1nsc(Cc2cnc3ccccc3n2)c1C(=O)Nc1cccc(C(=O)N2CCN(C(=O)N(C)C)CC2)c1. The van der Waals surface area contributed by atoms with Crippen molar-refractivity contribution in [2.24, 2.45) is 0 Å². The summed E-state index contributed by atoms with van der Waals surface area (Å²) in [5.74, 6) is -0.419. The Hall–Kier alpha value is -4.38. The number of carbonyl (C=O) groups is 3. The van der Waals surface area contributed by atoms with E-state index in [0.29, 0.717) is 55.1 Å². The summed E-state index contributed by atoms with van der Waals surface area (Å²) in [6, 6.07) is 14.5. The molecule has 1 aliphatic heterocycles. The Morgan fingerprint density at radius 3 is 2.44 bits per heavy atom. The standard InChI is InChI=1S/C28H29N7O3S/c1-18-25(24(39-32-18)16-21-17-29-22-9-4-5-10-23(22)30-21)26(36)31-20-8-6-7-19(15-20)27(37)34-11-13-35(14-12-34)28(38)33(2)3/h4-10,15,17H,11-14,16H2,1-3H3,(H,31,36). The lowest BCUT2D eigenvalue weighted by molar-refractivity contribution is 0.0650. The lowest BCUT2D eigenvalue weighted by atomic mass is 10.1. The van der Waals surface area contributed by atoms with E-state index in [0.717, 1.165) is 21.6 Å². The zero-order chi connectivity index (χ0) is 27.5. The number of nitrogens with one attached hydrogen (secondary N) is 1. The summed E-state index contributed by atoms with van der Waals surface area (Å²) < 4.78 is 4.41. The maximum atomic E-state index is 13.3. The number of nitrogens with zero attached hydrogens (tertiary/aromatic N) is 6. The van der Waals surface area contributed by atoms with Crippen molar-refractivity contribution in [2.75, 3.05) is 45.6 Å². The molecular weight excluding hydrogens is 514 g/mol. The molecule has 10 nitrogen and oxygen atoms in total. The second-order valence-corrected chi connectivity index (χ2v) is 10.4. The highest BCUT2D eigenvalue weighted by Crippen LogP contribution is 2.24. The average Bonchev–Trinajstić information content (AvgIpc) is 3.31. The van der Waals surface area contributed by atoms with Gasteiger partial charge < -0.3 is 20.0 Å². The van der Waals surface area contributed by atoms with Gasteiger partial charge in [0.15, 0.2) is 0 Å². The number of hydrogen-bond donors (Lipinski definition) is 1. The number of benzene rings is 2. The van der Waals surface area contributed by atoms with Gasteiger partial charge >= 0.3 is 6.03 Å². The third-order valence-electron chi connectivity index (χ3n) is 6.59. The van der Waals surface area contributed by atoms with E-state index in [1.807, 2.05) is 31.2 Å². The smallest absolute Gasteiger partial charge is 0.319 e. The van der Waals surface area contributed by atoms with Gasteiger partial charge in [0.05, 0.1) is 28.0 Å². The van der Waals surface area contributed by atoms with Crippen molar-refractivity contribution in [3.05, 3.63) is 82.1 Å². The second kappa shape index (κ2) is 11.2. The predicted octanol–water partition coefficient (Wildman–Crippen LogP) is 3.68. The van der Waals surface area contributed by atoms with Crippen LogP contribution in [0, 0.1) is 6.92 Å². The molecule has 5 rings (SSSR count). The van der Waals surface area contributed by atoms with E-state index in [9.17, 15) is 14.4 Å². The third-order valence-corrected chi connectivity index (χ3v) is 7.52. The number of rotatable bonds is 5. The molecule has 3 heterocycles. The molecule has 0 atom stereocenters. The topological polar surface area (TPSA) is 112 Å². The first-order valence-corrected chi connectivity index (χ1v) is 13.4. The number of carbonyl (C=O) groups excluding carboxylic acids is 3. The van der Waals surface area contributed by atoms with Crippen LogP contribution in [0.15, 0.2) is 54.7 Å². The maximum Gasteiger partial charge on any atom is 0.319 e. The van der Waals surface area contributed by atoms with Crippen LogP contribution in [0.2, 0.25) is 0 Å². The zero-order valence-corrected chi connectivity index (χ0v) is 22.9. The Kier molecular flexibility index (Phi) is 7.51. The van der Waals surface area contributed by atoms with Crippen LogP contribution in [0.4, 0.5) is 10.5 Å².